The van der Waals surface area contributed by atoms with Crippen molar-refractivity contribution in [2.24, 2.45) is 0 Å². The van der Waals surface area contributed by atoms with Crippen LogP contribution >= 0.6 is 11.6 Å². The summed E-state index contributed by atoms with van der Waals surface area (Å²) in [6.45, 7) is 0. The van der Waals surface area contributed by atoms with E-state index in [-0.39, 0.29) is 18.6 Å². The fraction of sp³-hybridized carbons (Fsp3) is 0.167. The van der Waals surface area contributed by atoms with Crippen LogP contribution in [0, 0.1) is 0 Å². The molecule has 0 aliphatic heterocycles. The SMILES string of the molecule is O=C(CCC(=O)c1ccc(Cl)cc1)NC(C(=O)O)c1ccccc1. The van der Waals surface area contributed by atoms with E-state index in [9.17, 15) is 19.5 Å². The first-order valence-corrected chi connectivity index (χ1v) is 7.71. The van der Waals surface area contributed by atoms with Crippen molar-refractivity contribution in [3.63, 3.8) is 0 Å². The number of aliphatic carboxylic acids is 1. The van der Waals surface area contributed by atoms with Crippen LogP contribution in [-0.2, 0) is 9.59 Å². The molecule has 24 heavy (non-hydrogen) atoms. The van der Waals surface area contributed by atoms with Crippen LogP contribution in [0.2, 0.25) is 5.02 Å². The molecule has 0 radical (unpaired) electrons. The highest BCUT2D eigenvalue weighted by Gasteiger charge is 2.22. The average Bonchev–Trinajstić information content (AvgIpc) is 2.58. The minimum absolute atomic E-state index is 0.00536. The Kier molecular flexibility index (Phi) is 6.09. The van der Waals surface area contributed by atoms with Gasteiger partial charge in [0.1, 0.15) is 0 Å². The van der Waals surface area contributed by atoms with E-state index in [0.717, 1.165) is 0 Å². The third-order valence-electron chi connectivity index (χ3n) is 3.43. The molecular formula is C18H16ClNO4. The quantitative estimate of drug-likeness (QED) is 0.754. The molecule has 124 valence electrons. The van der Waals surface area contributed by atoms with Gasteiger partial charge in [-0.05, 0) is 29.8 Å². The van der Waals surface area contributed by atoms with Crippen LogP contribution in [0.3, 0.4) is 0 Å². The van der Waals surface area contributed by atoms with Crippen LogP contribution in [0.1, 0.15) is 34.8 Å². The molecule has 1 atom stereocenters. The van der Waals surface area contributed by atoms with E-state index < -0.39 is 17.9 Å². The summed E-state index contributed by atoms with van der Waals surface area (Å²) in [5.74, 6) is -1.85. The molecule has 2 rings (SSSR count). The second kappa shape index (κ2) is 8.26. The van der Waals surface area contributed by atoms with Crippen molar-refractivity contribution in [3.8, 4) is 0 Å². The van der Waals surface area contributed by atoms with Crippen molar-refractivity contribution in [1.29, 1.82) is 0 Å². The Morgan fingerprint density at radius 2 is 1.58 bits per heavy atom. The molecule has 2 aromatic rings. The van der Waals surface area contributed by atoms with E-state index in [1.54, 1.807) is 54.6 Å². The smallest absolute Gasteiger partial charge is 0.330 e. The number of hydrogen-bond donors (Lipinski definition) is 2. The van der Waals surface area contributed by atoms with E-state index in [1.165, 1.54) is 0 Å². The maximum atomic E-state index is 12.0. The lowest BCUT2D eigenvalue weighted by molar-refractivity contribution is -0.142. The zero-order chi connectivity index (χ0) is 17.5. The maximum Gasteiger partial charge on any atom is 0.330 e. The lowest BCUT2D eigenvalue weighted by atomic mass is 10.0. The molecule has 0 saturated heterocycles. The number of carboxylic acids is 1. The minimum atomic E-state index is -1.15. The molecule has 1 amide bonds. The third-order valence-corrected chi connectivity index (χ3v) is 3.68. The standard InChI is InChI=1S/C18H16ClNO4/c19-14-8-6-12(7-9-14)15(21)10-11-16(22)20-17(18(23)24)13-4-2-1-3-5-13/h1-9,17H,10-11H2,(H,20,22)(H,23,24). The summed E-state index contributed by atoms with van der Waals surface area (Å²) in [5, 5.41) is 12.2. The zero-order valence-corrected chi connectivity index (χ0v) is 13.5. The van der Waals surface area contributed by atoms with Gasteiger partial charge in [-0.15, -0.1) is 0 Å². The predicted octanol–water partition coefficient (Wildman–Crippen LogP) is 3.25. The number of hydrogen-bond acceptors (Lipinski definition) is 3. The zero-order valence-electron chi connectivity index (χ0n) is 12.7. The molecule has 6 heteroatoms. The van der Waals surface area contributed by atoms with Crippen molar-refractivity contribution in [2.75, 3.05) is 0 Å². The summed E-state index contributed by atoms with van der Waals surface area (Å²) in [7, 11) is 0. The number of benzene rings is 2. The van der Waals surface area contributed by atoms with Crippen molar-refractivity contribution in [1.82, 2.24) is 5.32 Å². The molecule has 2 aromatic carbocycles. The highest BCUT2D eigenvalue weighted by molar-refractivity contribution is 6.30. The van der Waals surface area contributed by atoms with Crippen LogP contribution in [0.15, 0.2) is 54.6 Å². The molecule has 0 aliphatic carbocycles. The van der Waals surface area contributed by atoms with Crippen molar-refractivity contribution < 1.29 is 19.5 Å². The maximum absolute atomic E-state index is 12.0. The van der Waals surface area contributed by atoms with Gasteiger partial charge >= 0.3 is 5.97 Å². The summed E-state index contributed by atoms with van der Waals surface area (Å²) in [4.78, 5) is 35.3. The van der Waals surface area contributed by atoms with Crippen molar-refractivity contribution in [2.45, 2.75) is 18.9 Å². The Balaban J connectivity index is 1.93. The predicted molar refractivity (Wildman–Crippen MR) is 90.0 cm³/mol. The fourth-order valence-electron chi connectivity index (χ4n) is 2.17. The molecule has 0 saturated carbocycles. The number of rotatable bonds is 7. The molecule has 0 bridgehead atoms. The molecule has 0 fully saturated rings. The van der Waals surface area contributed by atoms with E-state index in [0.29, 0.717) is 16.1 Å². The fourth-order valence-corrected chi connectivity index (χ4v) is 2.30. The van der Waals surface area contributed by atoms with Gasteiger partial charge in [0.15, 0.2) is 11.8 Å². The molecule has 2 N–H and O–H groups in total. The molecule has 1 unspecified atom stereocenters. The number of Topliss-reactive ketones (excluding diaryl/α,β-unsaturated/α-hetero) is 1. The molecule has 5 nitrogen and oxygen atoms in total. The van der Waals surface area contributed by atoms with Gasteiger partial charge in [0.25, 0.3) is 0 Å². The second-order valence-corrected chi connectivity index (χ2v) is 5.62. The van der Waals surface area contributed by atoms with Crippen molar-refractivity contribution in [3.05, 3.63) is 70.7 Å². The van der Waals surface area contributed by atoms with E-state index in [1.807, 2.05) is 0 Å². The number of carbonyl (C=O) groups excluding carboxylic acids is 2. The minimum Gasteiger partial charge on any atom is -0.479 e. The number of carbonyl (C=O) groups is 3. The van der Waals surface area contributed by atoms with Crippen LogP contribution in [0.5, 0.6) is 0 Å². The van der Waals surface area contributed by atoms with E-state index in [4.69, 9.17) is 11.6 Å². The van der Waals surface area contributed by atoms with Crippen LogP contribution in [0.25, 0.3) is 0 Å². The highest BCUT2D eigenvalue weighted by atomic mass is 35.5. The Hall–Kier alpha value is -2.66. The average molecular weight is 346 g/mol. The number of ketones is 1. The van der Waals surface area contributed by atoms with Gasteiger partial charge in [0.05, 0.1) is 0 Å². The van der Waals surface area contributed by atoms with Crippen molar-refractivity contribution >= 4 is 29.3 Å². The van der Waals surface area contributed by atoms with Gasteiger partial charge in [-0.25, -0.2) is 4.79 Å². The highest BCUT2D eigenvalue weighted by Crippen LogP contribution is 2.14. The summed E-state index contributed by atoms with van der Waals surface area (Å²) in [6.07, 6.45) is -0.0906. The Bertz CT molecular complexity index is 728. The lowest BCUT2D eigenvalue weighted by Gasteiger charge is -2.14. The summed E-state index contributed by atoms with van der Waals surface area (Å²) in [5.41, 5.74) is 0.937. The first-order valence-electron chi connectivity index (χ1n) is 7.33. The molecule has 0 heterocycles. The van der Waals surface area contributed by atoms with E-state index >= 15 is 0 Å². The number of carboxylic acid groups (broad SMARTS) is 1. The lowest BCUT2D eigenvalue weighted by Crippen LogP contribution is -2.33. The second-order valence-electron chi connectivity index (χ2n) is 5.18. The monoisotopic (exact) mass is 345 g/mol. The molecule has 0 spiro atoms. The summed E-state index contributed by atoms with van der Waals surface area (Å²) >= 11 is 5.76. The largest absolute Gasteiger partial charge is 0.479 e. The summed E-state index contributed by atoms with van der Waals surface area (Å²) in [6, 6.07) is 13.6. The van der Waals surface area contributed by atoms with Gasteiger partial charge in [-0.2, -0.15) is 0 Å². The van der Waals surface area contributed by atoms with Gasteiger partial charge in [0.2, 0.25) is 5.91 Å². The van der Waals surface area contributed by atoms with Gasteiger partial charge in [-0.1, -0.05) is 41.9 Å². The number of nitrogens with one attached hydrogen (secondary N) is 1. The van der Waals surface area contributed by atoms with Gasteiger partial charge < -0.3 is 10.4 Å². The Labute approximate surface area is 144 Å². The van der Waals surface area contributed by atoms with Crippen LogP contribution < -0.4 is 5.32 Å². The normalized spacial score (nSPS) is 11.5. The van der Waals surface area contributed by atoms with Gasteiger partial charge in [-0.3, -0.25) is 9.59 Å². The number of halogens is 1. The molecule has 0 aromatic heterocycles. The topological polar surface area (TPSA) is 83.5 Å². The molecule has 0 aliphatic rings. The first kappa shape index (κ1) is 17.7. The van der Waals surface area contributed by atoms with Crippen LogP contribution in [-0.4, -0.2) is 22.8 Å². The Morgan fingerprint density at radius 1 is 0.958 bits per heavy atom. The Morgan fingerprint density at radius 3 is 2.17 bits per heavy atom. The van der Waals surface area contributed by atoms with Crippen LogP contribution in [0.4, 0.5) is 0 Å². The third kappa shape index (κ3) is 4.93. The number of amides is 1. The van der Waals surface area contributed by atoms with E-state index in [2.05, 4.69) is 5.32 Å². The molecular weight excluding hydrogens is 330 g/mol. The van der Waals surface area contributed by atoms with Gasteiger partial charge in [0, 0.05) is 23.4 Å². The first-order chi connectivity index (χ1) is 11.5. The summed E-state index contributed by atoms with van der Waals surface area (Å²) < 4.78 is 0.